The van der Waals surface area contributed by atoms with Gasteiger partial charge in [0.2, 0.25) is 5.91 Å². The number of amides is 1. The maximum Gasteiger partial charge on any atom is 0.338 e. The second kappa shape index (κ2) is 6.71. The van der Waals surface area contributed by atoms with Gasteiger partial charge < -0.3 is 10.1 Å². The number of nitrogens with one attached hydrogen (secondary N) is 1. The van der Waals surface area contributed by atoms with Crippen molar-refractivity contribution in [2.75, 3.05) is 11.9 Å². The van der Waals surface area contributed by atoms with Crippen LogP contribution in [0.5, 0.6) is 0 Å². The molecule has 6 rings (SSSR count). The largest absolute Gasteiger partial charge is 0.454 e. The molecule has 1 amide bonds. The normalized spacial score (nSPS) is 32.8. The molecule has 0 spiro atoms. The molecule has 0 aliphatic heterocycles. The van der Waals surface area contributed by atoms with Crippen LogP contribution in [0.2, 0.25) is 0 Å². The van der Waals surface area contributed by atoms with Crippen molar-refractivity contribution >= 4 is 23.3 Å². The Labute approximate surface area is 165 Å². The van der Waals surface area contributed by atoms with E-state index in [0.717, 1.165) is 32.1 Å². The third-order valence-corrected chi connectivity index (χ3v) is 7.28. The first kappa shape index (κ1) is 17.9. The number of carbonyl (C=O) groups excluding carboxylic acids is 3. The maximum absolute atomic E-state index is 13.0. The fraction of sp³-hybridized carbons (Fsp3) is 0.609. The molecule has 28 heavy (non-hydrogen) atoms. The Morgan fingerprint density at radius 1 is 1.00 bits per heavy atom. The molecule has 148 valence electrons. The number of benzene rings is 1. The fourth-order valence-electron chi connectivity index (χ4n) is 6.13. The quantitative estimate of drug-likeness (QED) is 0.757. The number of hydrogen-bond donors (Lipinski definition) is 1. The summed E-state index contributed by atoms with van der Waals surface area (Å²) in [6, 6.07) is 6.76. The molecule has 5 fully saturated rings. The predicted molar refractivity (Wildman–Crippen MR) is 104 cm³/mol. The molecule has 0 saturated heterocycles. The molecule has 0 atom stereocenters. The lowest BCUT2D eigenvalue weighted by Gasteiger charge is -2.55. The Kier molecular flexibility index (Phi) is 4.29. The molecule has 5 aliphatic carbocycles. The Hall–Kier alpha value is -2.17. The van der Waals surface area contributed by atoms with Crippen LogP contribution in [0.1, 0.15) is 61.7 Å². The van der Waals surface area contributed by atoms with Crippen molar-refractivity contribution in [3.05, 3.63) is 29.8 Å². The molecule has 5 saturated carbocycles. The zero-order valence-corrected chi connectivity index (χ0v) is 16.1. The molecule has 4 bridgehead atoms. The summed E-state index contributed by atoms with van der Waals surface area (Å²) in [4.78, 5) is 37.4. The highest BCUT2D eigenvalue weighted by Crippen LogP contribution is 2.60. The minimum atomic E-state index is -0.499. The zero-order valence-electron chi connectivity index (χ0n) is 16.1. The van der Waals surface area contributed by atoms with E-state index in [-0.39, 0.29) is 29.6 Å². The first-order chi connectivity index (χ1) is 13.5. The molecule has 5 nitrogen and oxygen atoms in total. The standard InChI is InChI=1S/C23H27NO4/c25-20(23-10-14-6-15(11-23)8-16(7-14)12-23)13-28-22(27)18-2-1-3-19(9-18)24-21(26)17-4-5-17/h1-3,9,14-17H,4-8,10-13H2,(H,24,26). The number of Topliss-reactive ketones (excluding diaryl/α,β-unsaturated/α-hetero) is 1. The molecule has 0 unspecified atom stereocenters. The van der Waals surface area contributed by atoms with Crippen LogP contribution in [0, 0.1) is 29.1 Å². The van der Waals surface area contributed by atoms with Crippen LogP contribution in [0.25, 0.3) is 0 Å². The monoisotopic (exact) mass is 381 g/mol. The number of ether oxygens (including phenoxy) is 1. The fourth-order valence-corrected chi connectivity index (χ4v) is 6.13. The Balaban J connectivity index is 1.20. The lowest BCUT2D eigenvalue weighted by atomic mass is 9.48. The Morgan fingerprint density at radius 3 is 2.25 bits per heavy atom. The number of ketones is 1. The molecule has 0 radical (unpaired) electrons. The van der Waals surface area contributed by atoms with E-state index < -0.39 is 5.97 Å². The van der Waals surface area contributed by atoms with Crippen molar-refractivity contribution in [2.45, 2.75) is 51.4 Å². The average molecular weight is 381 g/mol. The van der Waals surface area contributed by atoms with Gasteiger partial charge in [-0.1, -0.05) is 6.07 Å². The molecular weight excluding hydrogens is 354 g/mol. The van der Waals surface area contributed by atoms with Gasteiger partial charge in [0.15, 0.2) is 12.4 Å². The molecule has 5 aliphatic rings. The van der Waals surface area contributed by atoms with Crippen molar-refractivity contribution < 1.29 is 19.1 Å². The summed E-state index contributed by atoms with van der Waals surface area (Å²) in [6.07, 6.45) is 8.66. The van der Waals surface area contributed by atoms with Crippen LogP contribution in [0.4, 0.5) is 5.69 Å². The summed E-state index contributed by atoms with van der Waals surface area (Å²) in [5.74, 6) is 1.79. The van der Waals surface area contributed by atoms with Crippen LogP contribution in [-0.4, -0.2) is 24.3 Å². The Morgan fingerprint density at radius 2 is 1.64 bits per heavy atom. The van der Waals surface area contributed by atoms with Crippen molar-refractivity contribution in [3.63, 3.8) is 0 Å². The van der Waals surface area contributed by atoms with Crippen molar-refractivity contribution in [1.29, 1.82) is 0 Å². The highest BCUT2D eigenvalue weighted by molar-refractivity contribution is 5.97. The van der Waals surface area contributed by atoms with Crippen molar-refractivity contribution in [3.8, 4) is 0 Å². The number of anilines is 1. The second-order valence-corrected chi connectivity index (χ2v) is 9.54. The molecule has 1 aromatic carbocycles. The van der Waals surface area contributed by atoms with Gasteiger partial charge in [-0.05, 0) is 87.3 Å². The van der Waals surface area contributed by atoms with Crippen LogP contribution in [-0.2, 0) is 14.3 Å². The average Bonchev–Trinajstić information content (AvgIpc) is 3.50. The van der Waals surface area contributed by atoms with Gasteiger partial charge in [0.05, 0.1) is 5.56 Å². The van der Waals surface area contributed by atoms with Crippen LogP contribution in [0.15, 0.2) is 24.3 Å². The second-order valence-electron chi connectivity index (χ2n) is 9.54. The van der Waals surface area contributed by atoms with E-state index in [1.807, 2.05) is 0 Å². The third-order valence-electron chi connectivity index (χ3n) is 7.28. The smallest absolute Gasteiger partial charge is 0.338 e. The SMILES string of the molecule is O=C(OCC(=O)C12CC3CC(CC(C3)C1)C2)c1cccc(NC(=O)C2CC2)c1. The van der Waals surface area contributed by atoms with Crippen molar-refractivity contribution in [2.24, 2.45) is 29.1 Å². The summed E-state index contributed by atoms with van der Waals surface area (Å²) in [5, 5.41) is 2.84. The summed E-state index contributed by atoms with van der Waals surface area (Å²) < 4.78 is 5.40. The van der Waals surface area contributed by atoms with Gasteiger partial charge in [-0.25, -0.2) is 4.79 Å². The van der Waals surface area contributed by atoms with Gasteiger partial charge in [-0.3, -0.25) is 9.59 Å². The highest BCUT2D eigenvalue weighted by Gasteiger charge is 2.54. The first-order valence-corrected chi connectivity index (χ1v) is 10.6. The number of hydrogen-bond acceptors (Lipinski definition) is 4. The molecule has 1 aromatic rings. The lowest BCUT2D eigenvalue weighted by molar-refractivity contribution is -0.147. The van der Waals surface area contributed by atoms with E-state index >= 15 is 0 Å². The lowest BCUT2D eigenvalue weighted by Crippen LogP contribution is -2.51. The van der Waals surface area contributed by atoms with Gasteiger partial charge >= 0.3 is 5.97 Å². The third kappa shape index (κ3) is 3.36. The summed E-state index contributed by atoms with van der Waals surface area (Å²) in [5.41, 5.74) is 0.723. The number of rotatable bonds is 6. The summed E-state index contributed by atoms with van der Waals surface area (Å²) in [7, 11) is 0. The minimum absolute atomic E-state index is 0.00233. The maximum atomic E-state index is 13.0. The molecule has 0 heterocycles. The number of esters is 1. The zero-order chi connectivity index (χ0) is 19.3. The van der Waals surface area contributed by atoms with Gasteiger partial charge in [0.25, 0.3) is 0 Å². The van der Waals surface area contributed by atoms with Gasteiger partial charge in [0, 0.05) is 17.0 Å². The van der Waals surface area contributed by atoms with E-state index in [2.05, 4.69) is 5.32 Å². The van der Waals surface area contributed by atoms with Gasteiger partial charge in [-0.15, -0.1) is 0 Å². The summed E-state index contributed by atoms with van der Waals surface area (Å²) in [6.45, 7) is -0.135. The van der Waals surface area contributed by atoms with Gasteiger partial charge in [0.1, 0.15) is 0 Å². The van der Waals surface area contributed by atoms with E-state index in [1.165, 1.54) is 19.3 Å². The first-order valence-electron chi connectivity index (χ1n) is 10.6. The van der Waals surface area contributed by atoms with Crippen molar-refractivity contribution in [1.82, 2.24) is 0 Å². The van der Waals surface area contributed by atoms with E-state index in [4.69, 9.17) is 4.74 Å². The predicted octanol–water partition coefficient (Wildman–Crippen LogP) is 3.98. The molecule has 0 aromatic heterocycles. The summed E-state index contributed by atoms with van der Waals surface area (Å²) >= 11 is 0. The van der Waals surface area contributed by atoms with E-state index in [9.17, 15) is 14.4 Å². The van der Waals surface area contributed by atoms with E-state index in [1.54, 1.807) is 24.3 Å². The van der Waals surface area contributed by atoms with Crippen LogP contribution < -0.4 is 5.32 Å². The highest BCUT2D eigenvalue weighted by atomic mass is 16.5. The minimum Gasteiger partial charge on any atom is -0.454 e. The molecule has 5 heteroatoms. The molecule has 1 N–H and O–H groups in total. The Bertz CT molecular complexity index is 790. The topological polar surface area (TPSA) is 72.5 Å². The number of carbonyl (C=O) groups is 3. The van der Waals surface area contributed by atoms with E-state index in [0.29, 0.717) is 29.0 Å². The van der Waals surface area contributed by atoms with Crippen LogP contribution >= 0.6 is 0 Å². The van der Waals surface area contributed by atoms with Gasteiger partial charge in [-0.2, -0.15) is 0 Å². The molecular formula is C23H27NO4. The van der Waals surface area contributed by atoms with Crippen LogP contribution in [0.3, 0.4) is 0 Å².